The van der Waals surface area contributed by atoms with E-state index in [1.165, 1.54) is 15.8 Å². The Morgan fingerprint density at radius 1 is 1.06 bits per heavy atom. The molecule has 31 heavy (non-hydrogen) atoms. The summed E-state index contributed by atoms with van der Waals surface area (Å²) >= 11 is 0. The molecule has 3 rings (SSSR count). The molecule has 2 amide bonds. The highest BCUT2D eigenvalue weighted by atomic mass is 16.5. The Balaban J connectivity index is 1.64. The van der Waals surface area contributed by atoms with Crippen LogP contribution in [0.4, 0.5) is 5.69 Å². The number of carbonyl (C=O) groups is 2. The zero-order valence-electron chi connectivity index (χ0n) is 18.0. The minimum atomic E-state index is -0.476. The van der Waals surface area contributed by atoms with Crippen LogP contribution in [0.25, 0.3) is 0 Å². The second-order valence-corrected chi connectivity index (χ2v) is 6.84. The van der Waals surface area contributed by atoms with Gasteiger partial charge >= 0.3 is 0 Å². The first-order valence-corrected chi connectivity index (χ1v) is 9.96. The lowest BCUT2D eigenvalue weighted by Gasteiger charge is -2.13. The molecule has 0 atom stereocenters. The summed E-state index contributed by atoms with van der Waals surface area (Å²) in [5.74, 6) is 1.30. The second-order valence-electron chi connectivity index (χ2n) is 6.84. The Morgan fingerprint density at radius 2 is 1.74 bits per heavy atom. The monoisotopic (exact) mass is 426 g/mol. The lowest BCUT2D eigenvalue weighted by molar-refractivity contribution is 0.0816. The zero-order chi connectivity index (χ0) is 22.4. The van der Waals surface area contributed by atoms with Gasteiger partial charge < -0.3 is 24.1 Å². The van der Waals surface area contributed by atoms with Crippen LogP contribution in [0.2, 0.25) is 0 Å². The van der Waals surface area contributed by atoms with Crippen molar-refractivity contribution in [1.29, 1.82) is 0 Å². The summed E-state index contributed by atoms with van der Waals surface area (Å²) in [4.78, 5) is 26.5. The van der Waals surface area contributed by atoms with Gasteiger partial charge in [0.15, 0.2) is 5.76 Å². The highest BCUT2D eigenvalue weighted by Gasteiger charge is 2.22. The summed E-state index contributed by atoms with van der Waals surface area (Å²) in [6.45, 7) is 5.06. The molecule has 0 fully saturated rings. The first kappa shape index (κ1) is 21.9. The third-order valence-electron chi connectivity index (χ3n) is 4.40. The maximum atomic E-state index is 12.6. The van der Waals surface area contributed by atoms with Gasteiger partial charge in [-0.15, -0.1) is 0 Å². The fourth-order valence-corrected chi connectivity index (χ4v) is 2.87. The molecule has 1 N–H and O–H groups in total. The van der Waals surface area contributed by atoms with Crippen molar-refractivity contribution in [2.24, 2.45) is 0 Å². The number of hydrogen-bond donors (Lipinski definition) is 1. The molecule has 1 aromatic carbocycles. The molecule has 3 aromatic rings. The summed E-state index contributed by atoms with van der Waals surface area (Å²) in [6.07, 6.45) is 1.46. The summed E-state index contributed by atoms with van der Waals surface area (Å²) in [5, 5.41) is 6.87. The molecule has 2 heterocycles. The maximum absolute atomic E-state index is 12.6. The number of amides is 2. The van der Waals surface area contributed by atoms with Crippen LogP contribution in [0.3, 0.4) is 0 Å². The van der Waals surface area contributed by atoms with E-state index in [0.717, 1.165) is 5.75 Å². The van der Waals surface area contributed by atoms with Crippen LogP contribution in [0, 0.1) is 0 Å². The minimum Gasteiger partial charge on any atom is -0.494 e. The standard InChI is InChI=1S/C22H26N4O5/c1-5-26-20(22(28)25(3)4)18(13-23-26)24-21(27)19-12-11-17(31-19)14-30-16-9-7-15(8-10-16)29-6-2/h7-13H,5-6,14H2,1-4H3,(H,24,27). The Labute approximate surface area is 180 Å². The number of hydrogen-bond acceptors (Lipinski definition) is 6. The van der Waals surface area contributed by atoms with E-state index in [0.29, 0.717) is 36.0 Å². The molecule has 0 saturated carbocycles. The predicted octanol–water partition coefficient (Wildman–Crippen LogP) is 3.43. The first-order valence-electron chi connectivity index (χ1n) is 9.96. The normalized spacial score (nSPS) is 10.6. The van der Waals surface area contributed by atoms with Crippen LogP contribution in [-0.4, -0.2) is 47.2 Å². The molecular weight excluding hydrogens is 400 g/mol. The maximum Gasteiger partial charge on any atom is 0.291 e. The van der Waals surface area contributed by atoms with Crippen LogP contribution < -0.4 is 14.8 Å². The number of carbonyl (C=O) groups excluding carboxylic acids is 2. The molecule has 0 saturated heterocycles. The molecule has 0 unspecified atom stereocenters. The average Bonchev–Trinajstić information content (AvgIpc) is 3.40. The number of nitrogens with zero attached hydrogens (tertiary/aromatic N) is 3. The van der Waals surface area contributed by atoms with Crippen molar-refractivity contribution in [2.45, 2.75) is 27.0 Å². The van der Waals surface area contributed by atoms with Gasteiger partial charge in [-0.2, -0.15) is 5.10 Å². The third-order valence-corrected chi connectivity index (χ3v) is 4.40. The van der Waals surface area contributed by atoms with Gasteiger partial charge in [0.25, 0.3) is 11.8 Å². The molecule has 0 aliphatic heterocycles. The topological polar surface area (TPSA) is 98.8 Å². The number of nitrogens with one attached hydrogen (secondary N) is 1. The Morgan fingerprint density at radius 3 is 2.35 bits per heavy atom. The van der Waals surface area contributed by atoms with Crippen LogP contribution in [0.5, 0.6) is 11.5 Å². The molecule has 9 heteroatoms. The second kappa shape index (κ2) is 9.84. The number of benzene rings is 1. The summed E-state index contributed by atoms with van der Waals surface area (Å²) in [5.41, 5.74) is 0.639. The lowest BCUT2D eigenvalue weighted by atomic mass is 10.3. The fraction of sp³-hybridized carbons (Fsp3) is 0.318. The third kappa shape index (κ3) is 5.25. The number of rotatable bonds is 9. The van der Waals surface area contributed by atoms with Crippen LogP contribution >= 0.6 is 0 Å². The van der Waals surface area contributed by atoms with Crippen LogP contribution in [0.15, 0.2) is 47.0 Å². The van der Waals surface area contributed by atoms with Gasteiger partial charge in [-0.1, -0.05) is 0 Å². The highest BCUT2D eigenvalue weighted by Crippen LogP contribution is 2.21. The summed E-state index contributed by atoms with van der Waals surface area (Å²) in [6, 6.07) is 10.5. The van der Waals surface area contributed by atoms with Gasteiger partial charge in [-0.05, 0) is 50.2 Å². The van der Waals surface area contributed by atoms with Gasteiger partial charge in [0.2, 0.25) is 0 Å². The first-order chi connectivity index (χ1) is 14.9. The van der Waals surface area contributed by atoms with E-state index in [9.17, 15) is 9.59 Å². The number of anilines is 1. The highest BCUT2D eigenvalue weighted by molar-refractivity contribution is 6.07. The van der Waals surface area contributed by atoms with E-state index in [1.54, 1.807) is 38.4 Å². The lowest BCUT2D eigenvalue weighted by Crippen LogP contribution is -2.26. The molecule has 0 radical (unpaired) electrons. The number of ether oxygens (including phenoxy) is 2. The van der Waals surface area contributed by atoms with Gasteiger partial charge in [-0.3, -0.25) is 14.3 Å². The largest absolute Gasteiger partial charge is 0.494 e. The predicted molar refractivity (Wildman–Crippen MR) is 115 cm³/mol. The van der Waals surface area contributed by atoms with Crippen molar-refractivity contribution >= 4 is 17.5 Å². The smallest absolute Gasteiger partial charge is 0.291 e. The minimum absolute atomic E-state index is 0.109. The number of aromatic nitrogens is 2. The van der Waals surface area contributed by atoms with Crippen molar-refractivity contribution in [2.75, 3.05) is 26.0 Å². The van der Waals surface area contributed by atoms with Gasteiger partial charge in [0.1, 0.15) is 29.6 Å². The van der Waals surface area contributed by atoms with Crippen molar-refractivity contribution in [3.05, 3.63) is 59.8 Å². The van der Waals surface area contributed by atoms with Gasteiger partial charge in [-0.25, -0.2) is 0 Å². The van der Waals surface area contributed by atoms with Gasteiger partial charge in [0, 0.05) is 20.6 Å². The van der Waals surface area contributed by atoms with E-state index >= 15 is 0 Å². The van der Waals surface area contributed by atoms with Gasteiger partial charge in [0.05, 0.1) is 18.5 Å². The average molecular weight is 426 g/mol. The molecule has 164 valence electrons. The van der Waals surface area contributed by atoms with E-state index in [1.807, 2.05) is 26.0 Å². The Bertz CT molecular complexity index is 1040. The zero-order valence-corrected chi connectivity index (χ0v) is 18.0. The Hall–Kier alpha value is -3.75. The van der Waals surface area contributed by atoms with Crippen molar-refractivity contribution < 1.29 is 23.5 Å². The van der Waals surface area contributed by atoms with Crippen molar-refractivity contribution in [1.82, 2.24) is 14.7 Å². The summed E-state index contributed by atoms with van der Waals surface area (Å²) < 4.78 is 18.2. The van der Waals surface area contributed by atoms with E-state index < -0.39 is 5.91 Å². The van der Waals surface area contributed by atoms with E-state index in [-0.39, 0.29) is 18.3 Å². The molecule has 0 aliphatic rings. The number of furan rings is 1. The molecule has 2 aromatic heterocycles. The van der Waals surface area contributed by atoms with Crippen LogP contribution in [-0.2, 0) is 13.2 Å². The molecule has 9 nitrogen and oxygen atoms in total. The number of aryl methyl sites for hydroxylation is 1. The van der Waals surface area contributed by atoms with E-state index in [2.05, 4.69) is 10.4 Å². The van der Waals surface area contributed by atoms with Crippen LogP contribution in [0.1, 0.15) is 40.7 Å². The van der Waals surface area contributed by atoms with Crippen molar-refractivity contribution in [3.63, 3.8) is 0 Å². The molecular formula is C22H26N4O5. The quantitative estimate of drug-likeness (QED) is 0.563. The molecule has 0 aliphatic carbocycles. The Kier molecular flexibility index (Phi) is 6.96. The van der Waals surface area contributed by atoms with Crippen molar-refractivity contribution in [3.8, 4) is 11.5 Å². The summed E-state index contributed by atoms with van der Waals surface area (Å²) in [7, 11) is 3.29. The fourth-order valence-electron chi connectivity index (χ4n) is 2.87. The molecule has 0 spiro atoms. The molecule has 0 bridgehead atoms. The van der Waals surface area contributed by atoms with E-state index in [4.69, 9.17) is 13.9 Å². The SMILES string of the molecule is CCOc1ccc(OCc2ccc(C(=O)Nc3cnn(CC)c3C(=O)N(C)C)o2)cc1.